The zero-order valence-corrected chi connectivity index (χ0v) is 7.16. The van der Waals surface area contributed by atoms with E-state index >= 15 is 0 Å². The van der Waals surface area contributed by atoms with Crippen molar-refractivity contribution in [3.63, 3.8) is 0 Å². The van der Waals surface area contributed by atoms with Crippen LogP contribution in [0.3, 0.4) is 0 Å². The minimum Gasteiger partial charge on any atom is -0.396 e. The first kappa shape index (κ1) is 7.80. The molecule has 66 valence electrons. The molecular weight excluding hydrogens is 154 g/mol. The van der Waals surface area contributed by atoms with Gasteiger partial charge in [0, 0.05) is 12.2 Å². The Bertz CT molecular complexity index is 269. The largest absolute Gasteiger partial charge is 0.396 e. The van der Waals surface area contributed by atoms with E-state index < -0.39 is 0 Å². The first-order valence-corrected chi connectivity index (χ1v) is 4.34. The van der Waals surface area contributed by atoms with Crippen LogP contribution in [0, 0.1) is 11.8 Å². The van der Waals surface area contributed by atoms with Gasteiger partial charge in [-0.15, -0.1) is 0 Å². The molecule has 0 fully saturated rings. The second-order valence-electron chi connectivity index (χ2n) is 3.61. The normalized spacial score (nSPS) is 28.5. The highest BCUT2D eigenvalue weighted by Gasteiger charge is 2.26. The van der Waals surface area contributed by atoms with Gasteiger partial charge in [0.1, 0.15) is 6.26 Å². The number of hydrogen-bond donors (Lipinski definition) is 1. The predicted molar refractivity (Wildman–Crippen MR) is 43.7 cm³/mol. The first-order chi connectivity index (χ1) is 5.81. The molecule has 0 saturated carbocycles. The standard InChI is InChI=1S/C9H13NO2/c1-6-2-8-5-12-10-9(8)3-7(6)4-11/h5-7,11H,2-4H2,1H3/t6-,7-/m1/s1. The third-order valence-electron chi connectivity index (χ3n) is 2.77. The average Bonchev–Trinajstić information content (AvgIpc) is 2.49. The van der Waals surface area contributed by atoms with Gasteiger partial charge in [0.05, 0.1) is 5.69 Å². The van der Waals surface area contributed by atoms with Gasteiger partial charge in [0.2, 0.25) is 0 Å². The fraction of sp³-hybridized carbons (Fsp3) is 0.667. The maximum Gasteiger partial charge on any atom is 0.127 e. The topological polar surface area (TPSA) is 46.3 Å². The Hall–Kier alpha value is -0.830. The lowest BCUT2D eigenvalue weighted by molar-refractivity contribution is 0.172. The molecule has 1 aromatic heterocycles. The second kappa shape index (κ2) is 2.90. The quantitative estimate of drug-likeness (QED) is 0.679. The highest BCUT2D eigenvalue weighted by Crippen LogP contribution is 2.28. The fourth-order valence-corrected chi connectivity index (χ4v) is 1.82. The Balaban J connectivity index is 2.23. The second-order valence-corrected chi connectivity index (χ2v) is 3.61. The van der Waals surface area contributed by atoms with Crippen molar-refractivity contribution in [2.75, 3.05) is 6.61 Å². The lowest BCUT2D eigenvalue weighted by atomic mass is 9.80. The zero-order valence-electron chi connectivity index (χ0n) is 7.16. The molecule has 0 aliphatic heterocycles. The third kappa shape index (κ3) is 1.14. The van der Waals surface area contributed by atoms with Crippen LogP contribution in [0.25, 0.3) is 0 Å². The van der Waals surface area contributed by atoms with E-state index in [4.69, 9.17) is 9.63 Å². The van der Waals surface area contributed by atoms with Gasteiger partial charge < -0.3 is 9.63 Å². The van der Waals surface area contributed by atoms with Crippen LogP contribution in [-0.4, -0.2) is 16.9 Å². The van der Waals surface area contributed by atoms with E-state index in [9.17, 15) is 0 Å². The predicted octanol–water partition coefficient (Wildman–Crippen LogP) is 1.02. The molecule has 0 bridgehead atoms. The van der Waals surface area contributed by atoms with Crippen molar-refractivity contribution in [1.29, 1.82) is 0 Å². The number of aliphatic hydroxyl groups is 1. The third-order valence-corrected chi connectivity index (χ3v) is 2.77. The first-order valence-electron chi connectivity index (χ1n) is 4.34. The Labute approximate surface area is 71.4 Å². The SMILES string of the molecule is C[C@@H]1Cc2conc2C[C@@H]1CO. The van der Waals surface area contributed by atoms with E-state index in [0.717, 1.165) is 18.5 Å². The summed E-state index contributed by atoms with van der Waals surface area (Å²) < 4.78 is 4.88. The summed E-state index contributed by atoms with van der Waals surface area (Å²) in [5, 5.41) is 13.0. The molecule has 0 saturated heterocycles. The summed E-state index contributed by atoms with van der Waals surface area (Å²) in [5.41, 5.74) is 2.25. The molecule has 0 amide bonds. The minimum absolute atomic E-state index is 0.257. The maximum absolute atomic E-state index is 9.07. The van der Waals surface area contributed by atoms with Crippen LogP contribution in [0.2, 0.25) is 0 Å². The summed E-state index contributed by atoms with van der Waals surface area (Å²) in [4.78, 5) is 0. The van der Waals surface area contributed by atoms with Crippen LogP contribution >= 0.6 is 0 Å². The van der Waals surface area contributed by atoms with Crippen molar-refractivity contribution < 1.29 is 9.63 Å². The highest BCUT2D eigenvalue weighted by molar-refractivity contribution is 5.19. The van der Waals surface area contributed by atoms with Crippen LogP contribution < -0.4 is 0 Å². The Kier molecular flexibility index (Phi) is 1.89. The number of aromatic nitrogens is 1. The van der Waals surface area contributed by atoms with Crippen LogP contribution in [0.5, 0.6) is 0 Å². The molecule has 0 spiro atoms. The van der Waals surface area contributed by atoms with Gasteiger partial charge >= 0.3 is 0 Å². The number of rotatable bonds is 1. The monoisotopic (exact) mass is 167 g/mol. The molecule has 3 heteroatoms. The molecule has 1 N–H and O–H groups in total. The fourth-order valence-electron chi connectivity index (χ4n) is 1.82. The van der Waals surface area contributed by atoms with E-state index in [0.29, 0.717) is 11.8 Å². The van der Waals surface area contributed by atoms with E-state index in [1.165, 1.54) is 5.56 Å². The average molecular weight is 167 g/mol. The van der Waals surface area contributed by atoms with Gasteiger partial charge in [-0.05, 0) is 24.7 Å². The van der Waals surface area contributed by atoms with E-state index in [2.05, 4.69) is 12.1 Å². The van der Waals surface area contributed by atoms with Gasteiger partial charge in [-0.2, -0.15) is 0 Å². The maximum atomic E-state index is 9.07. The molecule has 3 nitrogen and oxygen atoms in total. The molecule has 0 radical (unpaired) electrons. The van der Waals surface area contributed by atoms with Crippen molar-refractivity contribution in [1.82, 2.24) is 5.16 Å². The van der Waals surface area contributed by atoms with Crippen LogP contribution in [-0.2, 0) is 12.8 Å². The Morgan fingerprint density at radius 3 is 3.25 bits per heavy atom. The molecule has 12 heavy (non-hydrogen) atoms. The molecule has 1 heterocycles. The molecule has 2 atom stereocenters. The molecule has 1 aromatic rings. The van der Waals surface area contributed by atoms with Gasteiger partial charge in [0.15, 0.2) is 0 Å². The summed E-state index contributed by atoms with van der Waals surface area (Å²) in [6, 6.07) is 0. The molecule has 2 rings (SSSR count). The van der Waals surface area contributed by atoms with E-state index in [1.54, 1.807) is 6.26 Å². The Morgan fingerprint density at radius 1 is 1.67 bits per heavy atom. The molecule has 0 unspecified atom stereocenters. The summed E-state index contributed by atoms with van der Waals surface area (Å²) in [6.07, 6.45) is 3.58. The van der Waals surface area contributed by atoms with Crippen molar-refractivity contribution >= 4 is 0 Å². The zero-order chi connectivity index (χ0) is 8.55. The van der Waals surface area contributed by atoms with Gasteiger partial charge in [-0.1, -0.05) is 12.1 Å². The van der Waals surface area contributed by atoms with Gasteiger partial charge in [-0.25, -0.2) is 0 Å². The highest BCUT2D eigenvalue weighted by atomic mass is 16.5. The lowest BCUT2D eigenvalue weighted by Crippen LogP contribution is -2.25. The van der Waals surface area contributed by atoms with Crippen LogP contribution in [0.15, 0.2) is 10.8 Å². The number of nitrogens with zero attached hydrogens (tertiary/aromatic N) is 1. The molecular formula is C9H13NO2. The minimum atomic E-state index is 0.257. The summed E-state index contributed by atoms with van der Waals surface area (Å²) in [5.74, 6) is 0.907. The lowest BCUT2D eigenvalue weighted by Gasteiger charge is -2.25. The summed E-state index contributed by atoms with van der Waals surface area (Å²) in [7, 11) is 0. The van der Waals surface area contributed by atoms with Crippen molar-refractivity contribution in [3.05, 3.63) is 17.5 Å². The van der Waals surface area contributed by atoms with Crippen LogP contribution in [0.4, 0.5) is 0 Å². The Morgan fingerprint density at radius 2 is 2.50 bits per heavy atom. The number of aliphatic hydroxyl groups excluding tert-OH is 1. The van der Waals surface area contributed by atoms with Crippen molar-refractivity contribution in [3.8, 4) is 0 Å². The van der Waals surface area contributed by atoms with Gasteiger partial charge in [0.25, 0.3) is 0 Å². The molecule has 1 aliphatic carbocycles. The molecule has 1 aliphatic rings. The van der Waals surface area contributed by atoms with E-state index in [1.807, 2.05) is 0 Å². The number of hydrogen-bond acceptors (Lipinski definition) is 3. The van der Waals surface area contributed by atoms with Crippen molar-refractivity contribution in [2.45, 2.75) is 19.8 Å². The van der Waals surface area contributed by atoms with Gasteiger partial charge in [-0.3, -0.25) is 0 Å². The summed E-state index contributed by atoms with van der Waals surface area (Å²) >= 11 is 0. The van der Waals surface area contributed by atoms with E-state index in [-0.39, 0.29) is 6.61 Å². The van der Waals surface area contributed by atoms with Crippen LogP contribution in [0.1, 0.15) is 18.2 Å². The van der Waals surface area contributed by atoms with Crippen molar-refractivity contribution in [2.24, 2.45) is 11.8 Å². The molecule has 0 aromatic carbocycles. The summed E-state index contributed by atoms with van der Waals surface area (Å²) in [6.45, 7) is 2.42. The number of fused-ring (bicyclic) bond motifs is 1. The smallest absolute Gasteiger partial charge is 0.127 e.